The number of methoxy groups -OCH3 is 1. The Hall–Kier alpha value is -1.31. The van der Waals surface area contributed by atoms with Crippen LogP contribution in [0.3, 0.4) is 0 Å². The molecule has 0 fully saturated rings. The summed E-state index contributed by atoms with van der Waals surface area (Å²) in [6.07, 6.45) is 0.801. The van der Waals surface area contributed by atoms with E-state index in [2.05, 4.69) is 5.32 Å². The molecule has 0 saturated carbocycles. The van der Waals surface area contributed by atoms with E-state index in [1.165, 1.54) is 6.07 Å². The van der Waals surface area contributed by atoms with Gasteiger partial charge in [0, 0.05) is 31.1 Å². The Kier molecular flexibility index (Phi) is 5.16. The molecule has 0 aromatic heterocycles. The maximum atomic E-state index is 11.5. The lowest BCUT2D eigenvalue weighted by Crippen LogP contribution is -2.20. The van der Waals surface area contributed by atoms with Gasteiger partial charge in [0.05, 0.1) is 4.90 Å². The summed E-state index contributed by atoms with van der Waals surface area (Å²) < 4.78 is 28.0. The van der Waals surface area contributed by atoms with Crippen LogP contribution in [-0.2, 0) is 14.8 Å². The third kappa shape index (κ3) is 4.38. The Morgan fingerprint density at radius 2 is 2.05 bits per heavy atom. The fourth-order valence-electron chi connectivity index (χ4n) is 1.79. The molecule has 1 unspecified atom stereocenters. The van der Waals surface area contributed by atoms with E-state index in [0.717, 1.165) is 6.42 Å². The zero-order valence-electron chi connectivity index (χ0n) is 11.4. The van der Waals surface area contributed by atoms with Gasteiger partial charge in [-0.3, -0.25) is 0 Å². The zero-order valence-corrected chi connectivity index (χ0v) is 12.3. The highest BCUT2D eigenvalue weighted by molar-refractivity contribution is 7.89. The van der Waals surface area contributed by atoms with Gasteiger partial charge in [0.1, 0.15) is 0 Å². The second-order valence-corrected chi connectivity index (χ2v) is 6.09. The van der Waals surface area contributed by atoms with Crippen molar-refractivity contribution in [3.05, 3.63) is 17.7 Å². The molecular weight excluding hydrogens is 266 g/mol. The van der Waals surface area contributed by atoms with Crippen LogP contribution in [0.15, 0.2) is 17.0 Å². The van der Waals surface area contributed by atoms with Crippen LogP contribution in [0.5, 0.6) is 0 Å². The maximum absolute atomic E-state index is 11.5. The first-order valence-electron chi connectivity index (χ1n) is 5.94. The predicted molar refractivity (Wildman–Crippen MR) is 76.5 cm³/mol. The van der Waals surface area contributed by atoms with Gasteiger partial charge in [0.15, 0.2) is 0 Å². The molecule has 1 atom stereocenters. The van der Waals surface area contributed by atoms with Crippen LogP contribution >= 0.6 is 0 Å². The van der Waals surface area contributed by atoms with Gasteiger partial charge in [-0.1, -0.05) is 0 Å². The van der Waals surface area contributed by atoms with Crippen LogP contribution in [0.1, 0.15) is 18.9 Å². The summed E-state index contributed by atoms with van der Waals surface area (Å²) in [4.78, 5) is 0.0499. The van der Waals surface area contributed by atoms with Crippen molar-refractivity contribution in [2.75, 3.05) is 24.8 Å². The fourth-order valence-corrected chi connectivity index (χ4v) is 2.62. The molecule has 1 aromatic rings. The monoisotopic (exact) mass is 287 g/mol. The molecule has 7 heteroatoms. The number of hydrogen-bond donors (Lipinski definition) is 3. The minimum absolute atomic E-state index is 0.0499. The van der Waals surface area contributed by atoms with Crippen molar-refractivity contribution in [3.8, 4) is 0 Å². The van der Waals surface area contributed by atoms with Crippen molar-refractivity contribution < 1.29 is 13.2 Å². The van der Waals surface area contributed by atoms with Crippen LogP contribution in [0.2, 0.25) is 0 Å². The molecule has 0 aliphatic heterocycles. The summed E-state index contributed by atoms with van der Waals surface area (Å²) in [5.41, 5.74) is 7.32. The summed E-state index contributed by atoms with van der Waals surface area (Å²) in [7, 11) is -2.14. The number of sulfonamides is 1. The molecule has 1 rings (SSSR count). The van der Waals surface area contributed by atoms with E-state index in [1.54, 1.807) is 20.1 Å². The van der Waals surface area contributed by atoms with Crippen LogP contribution in [0.25, 0.3) is 0 Å². The van der Waals surface area contributed by atoms with E-state index in [1.807, 2.05) is 6.92 Å². The molecule has 0 amide bonds. The Morgan fingerprint density at radius 1 is 1.42 bits per heavy atom. The molecule has 1 aromatic carbocycles. The quantitative estimate of drug-likeness (QED) is 0.678. The summed E-state index contributed by atoms with van der Waals surface area (Å²) >= 11 is 0. The first kappa shape index (κ1) is 15.7. The molecule has 0 aliphatic rings. The van der Waals surface area contributed by atoms with Crippen molar-refractivity contribution in [2.45, 2.75) is 31.2 Å². The second kappa shape index (κ2) is 6.23. The molecule has 5 N–H and O–H groups in total. The normalized spacial score (nSPS) is 13.3. The Labute approximate surface area is 114 Å². The van der Waals surface area contributed by atoms with Gasteiger partial charge in [0.25, 0.3) is 0 Å². The van der Waals surface area contributed by atoms with Gasteiger partial charge >= 0.3 is 0 Å². The minimum atomic E-state index is -3.78. The zero-order chi connectivity index (χ0) is 14.6. The molecular formula is C12H21N3O3S. The highest BCUT2D eigenvalue weighted by Gasteiger charge is 2.16. The maximum Gasteiger partial charge on any atom is 0.238 e. The molecule has 108 valence electrons. The topological polar surface area (TPSA) is 107 Å². The SMILES string of the molecule is COCCC(C)Nc1cc(N)cc(S(N)(=O)=O)c1C. The van der Waals surface area contributed by atoms with Crippen LogP contribution in [0, 0.1) is 6.92 Å². The van der Waals surface area contributed by atoms with Gasteiger partial charge in [-0.25, -0.2) is 13.6 Å². The number of primary sulfonamides is 1. The van der Waals surface area contributed by atoms with Crippen LogP contribution in [-0.4, -0.2) is 28.2 Å². The van der Waals surface area contributed by atoms with E-state index in [9.17, 15) is 8.42 Å². The first-order valence-corrected chi connectivity index (χ1v) is 7.48. The van der Waals surface area contributed by atoms with Crippen LogP contribution < -0.4 is 16.2 Å². The molecule has 0 radical (unpaired) electrons. The summed E-state index contributed by atoms with van der Waals surface area (Å²) in [5.74, 6) is 0. The number of rotatable bonds is 6. The van der Waals surface area contributed by atoms with Crippen molar-refractivity contribution in [2.24, 2.45) is 5.14 Å². The third-order valence-corrected chi connectivity index (χ3v) is 3.88. The highest BCUT2D eigenvalue weighted by atomic mass is 32.2. The van der Waals surface area contributed by atoms with Crippen molar-refractivity contribution >= 4 is 21.4 Å². The van der Waals surface area contributed by atoms with Gasteiger partial charge in [-0.05, 0) is 38.0 Å². The lowest BCUT2D eigenvalue weighted by atomic mass is 10.1. The van der Waals surface area contributed by atoms with Crippen molar-refractivity contribution in [1.29, 1.82) is 0 Å². The number of nitrogens with two attached hydrogens (primary N) is 2. The largest absolute Gasteiger partial charge is 0.399 e. The van der Waals surface area contributed by atoms with Gasteiger partial charge in [0.2, 0.25) is 10.0 Å². The number of nitrogens with one attached hydrogen (secondary N) is 1. The lowest BCUT2D eigenvalue weighted by Gasteiger charge is -2.18. The molecule has 0 aliphatic carbocycles. The molecule has 6 nitrogen and oxygen atoms in total. The van der Waals surface area contributed by atoms with Gasteiger partial charge < -0.3 is 15.8 Å². The van der Waals surface area contributed by atoms with E-state index >= 15 is 0 Å². The lowest BCUT2D eigenvalue weighted by molar-refractivity contribution is 0.191. The Morgan fingerprint density at radius 3 is 2.58 bits per heavy atom. The molecule has 0 spiro atoms. The van der Waals surface area contributed by atoms with Crippen molar-refractivity contribution in [1.82, 2.24) is 0 Å². The smallest absolute Gasteiger partial charge is 0.238 e. The standard InChI is InChI=1S/C12H21N3O3S/c1-8(4-5-18-3)15-11-6-10(13)7-12(9(11)2)19(14,16)17/h6-8,15H,4-5,13H2,1-3H3,(H2,14,16,17). The van der Waals surface area contributed by atoms with Gasteiger partial charge in [-0.15, -0.1) is 0 Å². The average Bonchev–Trinajstić information content (AvgIpc) is 2.29. The molecule has 0 saturated heterocycles. The second-order valence-electron chi connectivity index (χ2n) is 4.56. The van der Waals surface area contributed by atoms with E-state index in [0.29, 0.717) is 23.5 Å². The third-order valence-electron chi connectivity index (χ3n) is 2.85. The highest BCUT2D eigenvalue weighted by Crippen LogP contribution is 2.26. The summed E-state index contributed by atoms with van der Waals surface area (Å²) in [6, 6.07) is 3.21. The number of hydrogen-bond acceptors (Lipinski definition) is 5. The Balaban J connectivity index is 3.05. The molecule has 19 heavy (non-hydrogen) atoms. The number of anilines is 2. The predicted octanol–water partition coefficient (Wildman–Crippen LogP) is 1.06. The minimum Gasteiger partial charge on any atom is -0.399 e. The van der Waals surface area contributed by atoms with Gasteiger partial charge in [-0.2, -0.15) is 0 Å². The molecule has 0 heterocycles. The van der Waals surface area contributed by atoms with Crippen LogP contribution in [0.4, 0.5) is 11.4 Å². The van der Waals surface area contributed by atoms with Crippen molar-refractivity contribution in [3.63, 3.8) is 0 Å². The Bertz CT molecular complexity index is 543. The van der Waals surface area contributed by atoms with E-state index in [4.69, 9.17) is 15.6 Å². The summed E-state index contributed by atoms with van der Waals surface area (Å²) in [5, 5.41) is 8.39. The van der Waals surface area contributed by atoms with E-state index < -0.39 is 10.0 Å². The number of nitrogen functional groups attached to an aromatic ring is 1. The number of benzene rings is 1. The molecule has 0 bridgehead atoms. The summed E-state index contributed by atoms with van der Waals surface area (Å²) in [6.45, 7) is 4.31. The number of ether oxygens (including phenoxy) is 1. The first-order chi connectivity index (χ1) is 8.75. The average molecular weight is 287 g/mol. The van der Waals surface area contributed by atoms with E-state index in [-0.39, 0.29) is 10.9 Å². The fraction of sp³-hybridized carbons (Fsp3) is 0.500.